The number of aliphatic carboxylic acids is 1. The van der Waals surface area contributed by atoms with Crippen molar-refractivity contribution in [3.8, 4) is 5.75 Å². The highest BCUT2D eigenvalue weighted by molar-refractivity contribution is 5.95. The van der Waals surface area contributed by atoms with E-state index >= 15 is 0 Å². The van der Waals surface area contributed by atoms with Crippen LogP contribution >= 0.6 is 0 Å². The summed E-state index contributed by atoms with van der Waals surface area (Å²) in [4.78, 5) is 69.9. The van der Waals surface area contributed by atoms with Crippen LogP contribution < -0.4 is 26.0 Å². The van der Waals surface area contributed by atoms with Gasteiger partial charge in [0.1, 0.15) is 42.1 Å². The van der Waals surface area contributed by atoms with Gasteiger partial charge < -0.3 is 45.6 Å². The first-order chi connectivity index (χ1) is 28.2. The Labute approximate surface area is 343 Å². The van der Waals surface area contributed by atoms with Gasteiger partial charge in [0.15, 0.2) is 0 Å². The predicted octanol–water partition coefficient (Wildman–Crippen LogP) is 5.20. The Kier molecular flexibility index (Phi) is 15.2. The Morgan fingerprint density at radius 2 is 1.20 bits per heavy atom. The van der Waals surface area contributed by atoms with Gasteiger partial charge in [-0.05, 0) is 68.1 Å². The number of alkyl carbamates (subject to hydrolysis) is 1. The number of amides is 4. The summed E-state index contributed by atoms with van der Waals surface area (Å²) in [6.45, 7) is 6.55. The van der Waals surface area contributed by atoms with E-state index in [2.05, 4.69) is 26.3 Å². The van der Waals surface area contributed by atoms with Crippen LogP contribution in [0.4, 0.5) is 4.79 Å². The number of aromatic amines is 1. The molecule has 0 aliphatic rings. The second kappa shape index (κ2) is 20.7. The van der Waals surface area contributed by atoms with Crippen LogP contribution in [0.15, 0.2) is 115 Å². The minimum Gasteiger partial charge on any atom is -0.489 e. The van der Waals surface area contributed by atoms with Gasteiger partial charge in [0.2, 0.25) is 17.7 Å². The van der Waals surface area contributed by atoms with Crippen molar-refractivity contribution >= 4 is 40.7 Å². The highest BCUT2D eigenvalue weighted by Crippen LogP contribution is 2.20. The molecule has 14 heteroatoms. The van der Waals surface area contributed by atoms with Gasteiger partial charge in [-0.2, -0.15) is 0 Å². The van der Waals surface area contributed by atoms with Crippen molar-refractivity contribution < 1.29 is 43.3 Å². The van der Waals surface area contributed by atoms with E-state index in [9.17, 15) is 29.1 Å². The van der Waals surface area contributed by atoms with Gasteiger partial charge >= 0.3 is 12.1 Å². The summed E-state index contributed by atoms with van der Waals surface area (Å²) in [5.74, 6) is -2.92. The summed E-state index contributed by atoms with van der Waals surface area (Å²) >= 11 is 0. The number of ether oxygens (including phenoxy) is 3. The van der Waals surface area contributed by atoms with Gasteiger partial charge in [0, 0.05) is 29.9 Å². The second-order valence-corrected chi connectivity index (χ2v) is 15.1. The monoisotopic (exact) mass is 805 g/mol. The zero-order valence-electron chi connectivity index (χ0n) is 33.5. The molecule has 0 unspecified atom stereocenters. The number of H-pyrrole nitrogens is 1. The molecule has 59 heavy (non-hydrogen) atoms. The molecule has 0 aliphatic carbocycles. The SMILES string of the molecule is C[C@@H](NC(=O)[C@H](COCc1ccccc1)NC(=O)[C@@H](Cc1ccc(OCc2ccccc2)cc1)NC(=O)[C@H](Cc1c[nH]c2ccccc12)NC(=O)OC(C)(C)C)C(=O)O. The highest BCUT2D eigenvalue weighted by Gasteiger charge is 2.32. The fourth-order valence-electron chi connectivity index (χ4n) is 6.06. The van der Waals surface area contributed by atoms with E-state index in [0.717, 1.165) is 27.6 Å². The van der Waals surface area contributed by atoms with E-state index in [1.54, 1.807) is 51.2 Å². The molecule has 0 saturated carbocycles. The number of fused-ring (bicyclic) bond motifs is 1. The Morgan fingerprint density at radius 3 is 1.83 bits per heavy atom. The minimum atomic E-state index is -1.34. The van der Waals surface area contributed by atoms with E-state index in [1.165, 1.54) is 6.92 Å². The molecule has 1 aromatic heterocycles. The third-order valence-corrected chi connectivity index (χ3v) is 9.11. The molecular weight excluding hydrogens is 755 g/mol. The maximum Gasteiger partial charge on any atom is 0.408 e. The van der Waals surface area contributed by atoms with E-state index < -0.39 is 59.6 Å². The Bertz CT molecular complexity index is 2170. The first-order valence-electron chi connectivity index (χ1n) is 19.3. The number of rotatable bonds is 19. The van der Waals surface area contributed by atoms with Crippen LogP contribution in [-0.2, 0) is 54.7 Å². The molecule has 0 radical (unpaired) electrons. The number of benzene rings is 4. The van der Waals surface area contributed by atoms with Crippen molar-refractivity contribution in [1.29, 1.82) is 0 Å². The normalized spacial score (nSPS) is 13.3. The van der Waals surface area contributed by atoms with Crippen molar-refractivity contribution in [2.75, 3.05) is 6.61 Å². The van der Waals surface area contributed by atoms with E-state index in [0.29, 0.717) is 17.9 Å². The number of carboxylic acids is 1. The van der Waals surface area contributed by atoms with Gasteiger partial charge in [-0.25, -0.2) is 4.79 Å². The largest absolute Gasteiger partial charge is 0.489 e. The Morgan fingerprint density at radius 1 is 0.644 bits per heavy atom. The Balaban J connectivity index is 1.40. The predicted molar refractivity (Wildman–Crippen MR) is 221 cm³/mol. The third-order valence-electron chi connectivity index (χ3n) is 9.11. The number of carboxylic acid groups (broad SMARTS) is 1. The standard InChI is InChI=1S/C45H51N5O9/c1-29(43(54)55)47-42(53)39(28-57-26-31-13-7-5-8-14-31)49-40(51)37(23-30-19-21-34(22-20-30)58-27-32-15-9-6-10-16-32)48-41(52)38(50-44(56)59-45(2,3)4)24-33-25-46-36-18-12-11-17-35(33)36/h5-22,25,29,37-39,46H,23-24,26-28H2,1-4H3,(H,47,53)(H,48,52)(H,49,51)(H,50,56)(H,54,55)/t29-,37-,38+,39+/m1/s1. The van der Waals surface area contributed by atoms with Gasteiger partial charge in [-0.3, -0.25) is 19.2 Å². The molecule has 0 fully saturated rings. The molecule has 5 aromatic rings. The summed E-state index contributed by atoms with van der Waals surface area (Å²) in [6.07, 6.45) is 0.935. The maximum absolute atomic E-state index is 14.3. The lowest BCUT2D eigenvalue weighted by molar-refractivity contribution is -0.142. The summed E-state index contributed by atoms with van der Waals surface area (Å²) in [5, 5.41) is 20.9. The molecule has 0 saturated heterocycles. The summed E-state index contributed by atoms with van der Waals surface area (Å²) < 4.78 is 17.3. The number of aromatic nitrogens is 1. The van der Waals surface area contributed by atoms with Crippen LogP contribution in [-0.4, -0.2) is 76.2 Å². The lowest BCUT2D eigenvalue weighted by atomic mass is 10.0. The molecule has 4 atom stereocenters. The number of nitrogens with one attached hydrogen (secondary N) is 5. The van der Waals surface area contributed by atoms with Crippen molar-refractivity contribution in [2.24, 2.45) is 0 Å². The zero-order valence-corrected chi connectivity index (χ0v) is 33.5. The zero-order chi connectivity index (χ0) is 42.4. The van der Waals surface area contributed by atoms with Crippen molar-refractivity contribution in [2.45, 2.75) is 83.5 Å². The fourth-order valence-corrected chi connectivity index (χ4v) is 6.06. The van der Waals surface area contributed by atoms with Crippen LogP contribution in [0.1, 0.15) is 49.9 Å². The molecule has 0 aliphatic heterocycles. The average Bonchev–Trinajstić information content (AvgIpc) is 3.62. The summed E-state index contributed by atoms with van der Waals surface area (Å²) in [7, 11) is 0. The summed E-state index contributed by atoms with van der Waals surface area (Å²) in [5.41, 5.74) is 3.17. The van der Waals surface area contributed by atoms with Crippen LogP contribution in [0.3, 0.4) is 0 Å². The fraction of sp³-hybridized carbons (Fsp3) is 0.311. The molecular formula is C45H51N5O9. The lowest BCUT2D eigenvalue weighted by Crippen LogP contribution is -2.59. The van der Waals surface area contributed by atoms with Crippen LogP contribution in [0.25, 0.3) is 10.9 Å². The highest BCUT2D eigenvalue weighted by atomic mass is 16.6. The number of para-hydroxylation sites is 1. The molecule has 4 aromatic carbocycles. The van der Waals surface area contributed by atoms with Gasteiger partial charge in [-0.15, -0.1) is 0 Å². The molecule has 0 bridgehead atoms. The van der Waals surface area contributed by atoms with Crippen molar-refractivity contribution in [3.63, 3.8) is 0 Å². The number of hydrogen-bond acceptors (Lipinski definition) is 8. The van der Waals surface area contributed by atoms with Crippen LogP contribution in [0.5, 0.6) is 5.75 Å². The van der Waals surface area contributed by atoms with Crippen molar-refractivity contribution in [1.82, 2.24) is 26.3 Å². The maximum atomic E-state index is 14.3. The third kappa shape index (κ3) is 13.7. The van der Waals surface area contributed by atoms with Gasteiger partial charge in [0.05, 0.1) is 13.2 Å². The van der Waals surface area contributed by atoms with E-state index in [1.807, 2.05) is 84.9 Å². The van der Waals surface area contributed by atoms with E-state index in [-0.39, 0.29) is 26.1 Å². The molecule has 0 spiro atoms. The first kappa shape index (κ1) is 43.5. The molecule has 310 valence electrons. The molecule has 5 rings (SSSR count). The van der Waals surface area contributed by atoms with Gasteiger partial charge in [-0.1, -0.05) is 91.0 Å². The first-order valence-corrected chi connectivity index (χ1v) is 19.3. The van der Waals surface area contributed by atoms with Crippen molar-refractivity contribution in [3.05, 3.63) is 138 Å². The minimum absolute atomic E-state index is 0.0342. The molecule has 4 amide bonds. The number of carbonyl (C=O) groups is 5. The molecule has 6 N–H and O–H groups in total. The number of carbonyl (C=O) groups excluding carboxylic acids is 4. The van der Waals surface area contributed by atoms with Crippen LogP contribution in [0.2, 0.25) is 0 Å². The van der Waals surface area contributed by atoms with E-state index in [4.69, 9.17) is 14.2 Å². The average molecular weight is 806 g/mol. The summed E-state index contributed by atoms with van der Waals surface area (Å²) in [6, 6.07) is 28.3. The molecule has 1 heterocycles. The Hall–Kier alpha value is -6.67. The number of hydrogen-bond donors (Lipinski definition) is 6. The van der Waals surface area contributed by atoms with Crippen LogP contribution in [0, 0.1) is 0 Å². The lowest BCUT2D eigenvalue weighted by Gasteiger charge is -2.27. The second-order valence-electron chi connectivity index (χ2n) is 15.1. The smallest absolute Gasteiger partial charge is 0.408 e. The van der Waals surface area contributed by atoms with Gasteiger partial charge in [0.25, 0.3) is 0 Å². The topological polar surface area (TPSA) is 197 Å². The quantitative estimate of drug-likeness (QED) is 0.0650. The molecule has 14 nitrogen and oxygen atoms in total.